The van der Waals surface area contributed by atoms with Crippen LogP contribution in [0.5, 0.6) is 0 Å². The van der Waals surface area contributed by atoms with E-state index in [0.29, 0.717) is 6.54 Å². The third kappa shape index (κ3) is 3.49. The first-order valence-corrected chi connectivity index (χ1v) is 6.49. The lowest BCUT2D eigenvalue weighted by Crippen LogP contribution is -2.39. The number of nitrogens with zero attached hydrogens (tertiary/aromatic N) is 1. The number of nitrogens with one attached hydrogen (secondary N) is 1. The Kier molecular flexibility index (Phi) is 4.76. The second-order valence-corrected chi connectivity index (χ2v) is 5.50. The molecule has 100 valence electrons. The van der Waals surface area contributed by atoms with Crippen LogP contribution in [0.1, 0.15) is 44.5 Å². The summed E-state index contributed by atoms with van der Waals surface area (Å²) in [7, 11) is 2.02. The Morgan fingerprint density at radius 2 is 1.89 bits per heavy atom. The first-order chi connectivity index (χ1) is 8.38. The zero-order chi connectivity index (χ0) is 13.8. The molecular weight excluding hydrogens is 224 g/mol. The molecule has 1 rings (SSSR count). The number of para-hydroxylation sites is 1. The minimum absolute atomic E-state index is 0.00329. The van der Waals surface area contributed by atoms with E-state index in [2.05, 4.69) is 31.0 Å². The SMILES string of the molecule is CCCNC(=O)c1ccccc1N(C)C(C)(C)C. The Morgan fingerprint density at radius 3 is 2.44 bits per heavy atom. The maximum atomic E-state index is 12.1. The Balaban J connectivity index is 3.03. The molecule has 0 unspecified atom stereocenters. The monoisotopic (exact) mass is 248 g/mol. The molecule has 0 aliphatic rings. The van der Waals surface area contributed by atoms with Gasteiger partial charge in [0.25, 0.3) is 5.91 Å². The van der Waals surface area contributed by atoms with E-state index < -0.39 is 0 Å². The summed E-state index contributed by atoms with van der Waals surface area (Å²) in [5, 5.41) is 2.93. The van der Waals surface area contributed by atoms with Gasteiger partial charge >= 0.3 is 0 Å². The van der Waals surface area contributed by atoms with E-state index in [1.54, 1.807) is 0 Å². The number of hydrogen-bond donors (Lipinski definition) is 1. The molecule has 0 saturated carbocycles. The van der Waals surface area contributed by atoms with E-state index in [4.69, 9.17) is 0 Å². The van der Waals surface area contributed by atoms with Crippen molar-refractivity contribution < 1.29 is 4.79 Å². The summed E-state index contributed by atoms with van der Waals surface area (Å²) in [4.78, 5) is 14.3. The van der Waals surface area contributed by atoms with Gasteiger partial charge in [0.15, 0.2) is 0 Å². The van der Waals surface area contributed by atoms with Gasteiger partial charge in [0.2, 0.25) is 0 Å². The van der Waals surface area contributed by atoms with Crippen LogP contribution in [0, 0.1) is 0 Å². The van der Waals surface area contributed by atoms with Gasteiger partial charge in [0.1, 0.15) is 0 Å². The Morgan fingerprint density at radius 1 is 1.28 bits per heavy atom. The lowest BCUT2D eigenvalue weighted by atomic mass is 10.0. The molecule has 0 radical (unpaired) electrons. The third-order valence-electron chi connectivity index (χ3n) is 3.05. The van der Waals surface area contributed by atoms with Gasteiger partial charge in [0, 0.05) is 24.8 Å². The van der Waals surface area contributed by atoms with Gasteiger partial charge in [-0.05, 0) is 39.3 Å². The van der Waals surface area contributed by atoms with Gasteiger partial charge in [-0.15, -0.1) is 0 Å². The van der Waals surface area contributed by atoms with Gasteiger partial charge in [-0.1, -0.05) is 19.1 Å². The molecular formula is C15H24N2O. The van der Waals surface area contributed by atoms with Crippen LogP contribution in [0.3, 0.4) is 0 Å². The van der Waals surface area contributed by atoms with Gasteiger partial charge in [-0.25, -0.2) is 0 Å². The Labute approximate surface area is 110 Å². The number of carbonyl (C=O) groups is 1. The van der Waals surface area contributed by atoms with Crippen molar-refractivity contribution in [3.05, 3.63) is 29.8 Å². The van der Waals surface area contributed by atoms with Crippen molar-refractivity contribution >= 4 is 11.6 Å². The molecule has 0 saturated heterocycles. The molecule has 0 fully saturated rings. The summed E-state index contributed by atoms with van der Waals surface area (Å²) in [6.45, 7) is 9.16. The van der Waals surface area contributed by atoms with Crippen LogP contribution >= 0.6 is 0 Å². The van der Waals surface area contributed by atoms with Gasteiger partial charge in [-0.2, -0.15) is 0 Å². The number of rotatable bonds is 4. The highest BCUT2D eigenvalue weighted by Gasteiger charge is 2.21. The molecule has 0 aromatic heterocycles. The summed E-state index contributed by atoms with van der Waals surface area (Å²) >= 11 is 0. The van der Waals surface area contributed by atoms with E-state index in [9.17, 15) is 4.79 Å². The highest BCUT2D eigenvalue weighted by atomic mass is 16.1. The molecule has 0 bridgehead atoms. The molecule has 0 heterocycles. The first kappa shape index (κ1) is 14.6. The topological polar surface area (TPSA) is 32.3 Å². The summed E-state index contributed by atoms with van der Waals surface area (Å²) in [6.07, 6.45) is 0.947. The van der Waals surface area contributed by atoms with Gasteiger partial charge in [0.05, 0.1) is 5.56 Å². The van der Waals surface area contributed by atoms with Crippen LogP contribution in [-0.4, -0.2) is 25.0 Å². The predicted molar refractivity (Wildman–Crippen MR) is 77.2 cm³/mol. The number of benzene rings is 1. The highest BCUT2D eigenvalue weighted by Crippen LogP contribution is 2.25. The second kappa shape index (κ2) is 5.89. The average Bonchev–Trinajstić information content (AvgIpc) is 2.34. The van der Waals surface area contributed by atoms with Crippen molar-refractivity contribution in [3.8, 4) is 0 Å². The fourth-order valence-corrected chi connectivity index (χ4v) is 1.65. The molecule has 1 N–H and O–H groups in total. The molecule has 3 nitrogen and oxygen atoms in total. The maximum Gasteiger partial charge on any atom is 0.253 e. The summed E-state index contributed by atoms with van der Waals surface area (Å²) in [5.41, 5.74) is 1.70. The van der Waals surface area contributed by atoms with Gasteiger partial charge in [-0.3, -0.25) is 4.79 Å². The number of amides is 1. The molecule has 0 aliphatic carbocycles. The van der Waals surface area contributed by atoms with Crippen LogP contribution in [0.15, 0.2) is 24.3 Å². The molecule has 0 atom stereocenters. The molecule has 18 heavy (non-hydrogen) atoms. The van der Waals surface area contributed by atoms with Crippen molar-refractivity contribution in [3.63, 3.8) is 0 Å². The lowest BCUT2D eigenvalue weighted by molar-refractivity contribution is 0.0954. The van der Waals surface area contributed by atoms with Crippen molar-refractivity contribution in [2.45, 2.75) is 39.7 Å². The molecule has 0 spiro atoms. The normalized spacial score (nSPS) is 11.2. The van der Waals surface area contributed by atoms with Crippen LogP contribution < -0.4 is 10.2 Å². The standard InChI is InChI=1S/C15H24N2O/c1-6-11-16-14(18)12-9-7-8-10-13(12)17(5)15(2,3)4/h7-10H,6,11H2,1-5H3,(H,16,18). The zero-order valence-corrected chi connectivity index (χ0v) is 12.1. The van der Waals surface area contributed by atoms with Crippen LogP contribution in [0.25, 0.3) is 0 Å². The number of anilines is 1. The van der Waals surface area contributed by atoms with E-state index in [-0.39, 0.29) is 11.4 Å². The Hall–Kier alpha value is -1.51. The predicted octanol–water partition coefficient (Wildman–Crippen LogP) is 3.06. The van der Waals surface area contributed by atoms with Crippen LogP contribution in [-0.2, 0) is 0 Å². The summed E-state index contributed by atoms with van der Waals surface area (Å²) in [6, 6.07) is 7.74. The quantitative estimate of drug-likeness (QED) is 0.888. The highest BCUT2D eigenvalue weighted by molar-refractivity contribution is 5.99. The minimum atomic E-state index is -0.0128. The zero-order valence-electron chi connectivity index (χ0n) is 12.1. The molecule has 1 amide bonds. The third-order valence-corrected chi connectivity index (χ3v) is 3.05. The lowest BCUT2D eigenvalue weighted by Gasteiger charge is -2.35. The minimum Gasteiger partial charge on any atom is -0.369 e. The summed E-state index contributed by atoms with van der Waals surface area (Å²) < 4.78 is 0. The van der Waals surface area contributed by atoms with E-state index in [0.717, 1.165) is 17.7 Å². The fraction of sp³-hybridized carbons (Fsp3) is 0.533. The summed E-state index contributed by atoms with van der Waals surface area (Å²) in [5.74, 6) is 0.00329. The van der Waals surface area contributed by atoms with E-state index in [1.165, 1.54) is 0 Å². The van der Waals surface area contributed by atoms with Crippen LogP contribution in [0.2, 0.25) is 0 Å². The molecule has 1 aromatic rings. The second-order valence-electron chi connectivity index (χ2n) is 5.50. The average molecular weight is 248 g/mol. The van der Waals surface area contributed by atoms with Crippen LogP contribution in [0.4, 0.5) is 5.69 Å². The van der Waals surface area contributed by atoms with Crippen molar-refractivity contribution in [2.24, 2.45) is 0 Å². The maximum absolute atomic E-state index is 12.1. The largest absolute Gasteiger partial charge is 0.369 e. The molecule has 0 aliphatic heterocycles. The van der Waals surface area contributed by atoms with E-state index >= 15 is 0 Å². The van der Waals surface area contributed by atoms with Gasteiger partial charge < -0.3 is 10.2 Å². The van der Waals surface area contributed by atoms with Crippen molar-refractivity contribution in [1.82, 2.24) is 5.32 Å². The van der Waals surface area contributed by atoms with E-state index in [1.807, 2.05) is 38.2 Å². The smallest absolute Gasteiger partial charge is 0.253 e. The number of hydrogen-bond acceptors (Lipinski definition) is 2. The Bertz CT molecular complexity index is 407. The van der Waals surface area contributed by atoms with Crippen molar-refractivity contribution in [2.75, 3.05) is 18.5 Å². The molecule has 3 heteroatoms. The number of carbonyl (C=O) groups excluding carboxylic acids is 1. The van der Waals surface area contributed by atoms with Crippen molar-refractivity contribution in [1.29, 1.82) is 0 Å². The fourth-order valence-electron chi connectivity index (χ4n) is 1.65. The first-order valence-electron chi connectivity index (χ1n) is 6.49. The molecule has 1 aromatic carbocycles.